The van der Waals surface area contributed by atoms with Gasteiger partial charge in [0.2, 0.25) is 0 Å². The van der Waals surface area contributed by atoms with Crippen LogP contribution in [0, 0.1) is 5.92 Å². The Hall–Kier alpha value is -0.990. The van der Waals surface area contributed by atoms with Gasteiger partial charge in [0.1, 0.15) is 5.60 Å². The van der Waals surface area contributed by atoms with E-state index in [0.717, 1.165) is 37.2 Å². The van der Waals surface area contributed by atoms with Crippen LogP contribution >= 0.6 is 12.4 Å². The highest BCUT2D eigenvalue weighted by Gasteiger charge is 2.49. The van der Waals surface area contributed by atoms with Crippen LogP contribution in [0.3, 0.4) is 0 Å². The van der Waals surface area contributed by atoms with Gasteiger partial charge in [-0.15, -0.1) is 12.4 Å². The second-order valence-corrected chi connectivity index (χ2v) is 4.84. The van der Waals surface area contributed by atoms with Crippen LogP contribution in [0.1, 0.15) is 18.4 Å². The first kappa shape index (κ1) is 12.5. The minimum absolute atomic E-state index is 0. The maximum Gasteiger partial charge on any atom is 0.131 e. The van der Waals surface area contributed by atoms with Gasteiger partial charge in [-0.3, -0.25) is 0 Å². The molecule has 0 radical (unpaired) electrons. The molecular weight excluding hydrogens is 234 g/mol. The zero-order chi connectivity index (χ0) is 11.2. The standard InChI is InChI=1S/C14H17NO.ClH/c1-11-14(16,12-5-3-2-4-6-12)13-7-9-15(11)10-8-13;/h2-6,13,16H,1,7-10H2;1H. The predicted octanol–water partition coefficient (Wildman–Crippen LogP) is 2.54. The summed E-state index contributed by atoms with van der Waals surface area (Å²) in [6.07, 6.45) is 2.15. The molecule has 3 heterocycles. The Morgan fingerprint density at radius 3 is 2.29 bits per heavy atom. The molecule has 1 unspecified atom stereocenters. The molecule has 4 rings (SSSR count). The van der Waals surface area contributed by atoms with Crippen LogP contribution in [0.4, 0.5) is 0 Å². The van der Waals surface area contributed by atoms with Crippen LogP contribution in [0.25, 0.3) is 0 Å². The molecule has 1 atom stereocenters. The molecule has 17 heavy (non-hydrogen) atoms. The Labute approximate surface area is 108 Å². The first-order valence-corrected chi connectivity index (χ1v) is 5.95. The average Bonchev–Trinajstić information content (AvgIpc) is 2.37. The van der Waals surface area contributed by atoms with Gasteiger partial charge in [-0.05, 0) is 18.4 Å². The minimum Gasteiger partial charge on any atom is -0.379 e. The maximum atomic E-state index is 11.0. The summed E-state index contributed by atoms with van der Waals surface area (Å²) in [5.41, 5.74) is 1.06. The highest BCUT2D eigenvalue weighted by molar-refractivity contribution is 5.85. The van der Waals surface area contributed by atoms with Crippen molar-refractivity contribution < 1.29 is 5.11 Å². The number of nitrogens with zero attached hydrogens (tertiary/aromatic N) is 1. The van der Waals surface area contributed by atoms with E-state index >= 15 is 0 Å². The molecule has 2 bridgehead atoms. The molecule has 3 heteroatoms. The zero-order valence-electron chi connectivity index (χ0n) is 9.80. The Kier molecular flexibility index (Phi) is 3.19. The molecule has 3 aliphatic heterocycles. The van der Waals surface area contributed by atoms with Gasteiger partial charge in [0, 0.05) is 24.7 Å². The molecular formula is C14H18ClNO. The van der Waals surface area contributed by atoms with E-state index in [0.29, 0.717) is 5.92 Å². The van der Waals surface area contributed by atoms with E-state index in [1.165, 1.54) is 0 Å². The largest absolute Gasteiger partial charge is 0.379 e. The summed E-state index contributed by atoms with van der Waals surface area (Å²) in [7, 11) is 0. The molecule has 0 spiro atoms. The molecule has 92 valence electrons. The lowest BCUT2D eigenvalue weighted by Crippen LogP contribution is -2.54. The van der Waals surface area contributed by atoms with Gasteiger partial charge in [-0.25, -0.2) is 0 Å². The number of aliphatic hydroxyl groups is 1. The van der Waals surface area contributed by atoms with E-state index in [2.05, 4.69) is 11.5 Å². The molecule has 1 N–H and O–H groups in total. The lowest BCUT2D eigenvalue weighted by molar-refractivity contribution is -0.0759. The molecule has 0 amide bonds. The Morgan fingerprint density at radius 2 is 1.76 bits per heavy atom. The zero-order valence-corrected chi connectivity index (χ0v) is 10.6. The van der Waals surface area contributed by atoms with E-state index in [9.17, 15) is 5.11 Å². The van der Waals surface area contributed by atoms with Gasteiger partial charge in [-0.2, -0.15) is 0 Å². The molecule has 1 aromatic carbocycles. The summed E-state index contributed by atoms with van der Waals surface area (Å²) in [6, 6.07) is 9.97. The third-order valence-corrected chi connectivity index (χ3v) is 4.12. The number of fused-ring (bicyclic) bond motifs is 3. The van der Waals surface area contributed by atoms with Gasteiger partial charge in [0.25, 0.3) is 0 Å². The number of hydrogen-bond donors (Lipinski definition) is 1. The van der Waals surface area contributed by atoms with Crippen LogP contribution in [0.15, 0.2) is 42.6 Å². The molecule has 2 nitrogen and oxygen atoms in total. The smallest absolute Gasteiger partial charge is 0.131 e. The minimum atomic E-state index is -0.822. The van der Waals surface area contributed by atoms with Crippen molar-refractivity contribution in [1.82, 2.24) is 4.90 Å². The van der Waals surface area contributed by atoms with E-state index in [1.54, 1.807) is 0 Å². The molecule has 0 aliphatic carbocycles. The Morgan fingerprint density at radius 1 is 1.18 bits per heavy atom. The van der Waals surface area contributed by atoms with E-state index in [-0.39, 0.29) is 12.4 Å². The topological polar surface area (TPSA) is 23.5 Å². The second-order valence-electron chi connectivity index (χ2n) is 4.84. The van der Waals surface area contributed by atoms with Crippen molar-refractivity contribution in [1.29, 1.82) is 0 Å². The van der Waals surface area contributed by atoms with Gasteiger partial charge in [0.05, 0.1) is 0 Å². The van der Waals surface area contributed by atoms with Crippen molar-refractivity contribution in [2.45, 2.75) is 18.4 Å². The van der Waals surface area contributed by atoms with Crippen LogP contribution < -0.4 is 0 Å². The van der Waals surface area contributed by atoms with Crippen molar-refractivity contribution in [2.24, 2.45) is 5.92 Å². The summed E-state index contributed by atoms with van der Waals surface area (Å²) < 4.78 is 0. The van der Waals surface area contributed by atoms with Crippen LogP contribution in [-0.4, -0.2) is 23.1 Å². The summed E-state index contributed by atoms with van der Waals surface area (Å²) in [6.45, 7) is 6.21. The molecule has 1 aromatic rings. The van der Waals surface area contributed by atoms with Gasteiger partial charge < -0.3 is 10.0 Å². The Bertz CT molecular complexity index is 411. The third kappa shape index (κ3) is 1.67. The SMILES string of the molecule is C=C1N2CCC(CC2)C1(O)c1ccccc1.Cl. The van der Waals surface area contributed by atoms with E-state index in [4.69, 9.17) is 0 Å². The van der Waals surface area contributed by atoms with Crippen molar-refractivity contribution in [3.05, 3.63) is 48.2 Å². The fraction of sp³-hybridized carbons (Fsp3) is 0.429. The number of piperidine rings is 3. The molecule has 3 fully saturated rings. The van der Waals surface area contributed by atoms with Gasteiger partial charge >= 0.3 is 0 Å². The summed E-state index contributed by atoms with van der Waals surface area (Å²) in [5.74, 6) is 0.340. The molecule has 0 aromatic heterocycles. The number of benzene rings is 1. The number of rotatable bonds is 1. The van der Waals surface area contributed by atoms with Crippen molar-refractivity contribution in [2.75, 3.05) is 13.1 Å². The summed E-state index contributed by atoms with van der Waals surface area (Å²) in [4.78, 5) is 2.23. The molecule has 3 aliphatic rings. The van der Waals surface area contributed by atoms with Crippen LogP contribution in [0.2, 0.25) is 0 Å². The summed E-state index contributed by atoms with van der Waals surface area (Å²) in [5, 5.41) is 11.0. The van der Waals surface area contributed by atoms with E-state index in [1.807, 2.05) is 30.3 Å². The normalized spacial score (nSPS) is 31.2. The molecule has 3 saturated heterocycles. The number of halogens is 1. The third-order valence-electron chi connectivity index (χ3n) is 4.12. The first-order chi connectivity index (χ1) is 7.73. The number of hydrogen-bond acceptors (Lipinski definition) is 2. The van der Waals surface area contributed by atoms with E-state index < -0.39 is 5.60 Å². The quantitative estimate of drug-likeness (QED) is 0.829. The highest BCUT2D eigenvalue weighted by atomic mass is 35.5. The van der Waals surface area contributed by atoms with Gasteiger partial charge in [0.15, 0.2) is 0 Å². The van der Waals surface area contributed by atoms with Crippen LogP contribution in [0.5, 0.6) is 0 Å². The molecule has 0 saturated carbocycles. The van der Waals surface area contributed by atoms with Crippen molar-refractivity contribution >= 4 is 12.4 Å². The maximum absolute atomic E-state index is 11.0. The fourth-order valence-corrected chi connectivity index (χ4v) is 3.14. The van der Waals surface area contributed by atoms with Crippen molar-refractivity contribution in [3.63, 3.8) is 0 Å². The summed E-state index contributed by atoms with van der Waals surface area (Å²) >= 11 is 0. The lowest BCUT2D eigenvalue weighted by Gasteiger charge is -2.53. The van der Waals surface area contributed by atoms with Crippen LogP contribution in [-0.2, 0) is 5.60 Å². The van der Waals surface area contributed by atoms with Gasteiger partial charge in [-0.1, -0.05) is 36.9 Å². The Balaban J connectivity index is 0.00000108. The highest BCUT2D eigenvalue weighted by Crippen LogP contribution is 2.48. The first-order valence-electron chi connectivity index (χ1n) is 5.95. The monoisotopic (exact) mass is 251 g/mol. The predicted molar refractivity (Wildman–Crippen MR) is 71.0 cm³/mol. The fourth-order valence-electron chi connectivity index (χ4n) is 3.14. The second kappa shape index (κ2) is 4.35. The van der Waals surface area contributed by atoms with Crippen molar-refractivity contribution in [3.8, 4) is 0 Å². The lowest BCUT2D eigenvalue weighted by atomic mass is 9.70. The average molecular weight is 252 g/mol.